The molecule has 0 atom stereocenters. The minimum absolute atomic E-state index is 0.207. The maximum Gasteiger partial charge on any atom is 0.255 e. The van der Waals surface area contributed by atoms with Crippen molar-refractivity contribution >= 4 is 22.6 Å². The lowest BCUT2D eigenvalue weighted by molar-refractivity contribution is 0.0964. The normalized spacial score (nSPS) is 13.8. The van der Waals surface area contributed by atoms with Crippen molar-refractivity contribution in [2.45, 2.75) is 25.7 Å². The lowest BCUT2D eigenvalue weighted by atomic mass is 10.0. The first-order valence-electron chi connectivity index (χ1n) is 8.94. The smallest absolute Gasteiger partial charge is 0.255 e. The number of anilines is 1. The first-order valence-corrected chi connectivity index (χ1v) is 8.94. The molecule has 5 heteroatoms. The Bertz CT molecular complexity index is 972. The van der Waals surface area contributed by atoms with E-state index in [-0.39, 0.29) is 11.7 Å². The summed E-state index contributed by atoms with van der Waals surface area (Å²) in [4.78, 5) is 12.6. The molecule has 26 heavy (non-hydrogen) atoms. The highest BCUT2D eigenvalue weighted by Crippen LogP contribution is 2.46. The topological polar surface area (TPSA) is 54.3 Å². The monoisotopic (exact) mass is 352 g/mol. The number of carbonyl (C=O) groups excluding carboxylic acids is 1. The van der Waals surface area contributed by atoms with Crippen molar-refractivity contribution in [3.8, 4) is 11.3 Å². The van der Waals surface area contributed by atoms with Gasteiger partial charge in [0.05, 0.1) is 5.56 Å². The first kappa shape index (κ1) is 16.6. The van der Waals surface area contributed by atoms with Gasteiger partial charge in [0, 0.05) is 36.3 Å². The van der Waals surface area contributed by atoms with Crippen LogP contribution in [0.5, 0.6) is 0 Å². The summed E-state index contributed by atoms with van der Waals surface area (Å²) in [6.07, 6.45) is 2.34. The Kier molecular flexibility index (Phi) is 4.15. The fraction of sp³-hybridized carbons (Fsp3) is 0.286. The highest BCUT2D eigenvalue weighted by Gasteiger charge is 2.29. The molecule has 1 heterocycles. The third-order valence-electron chi connectivity index (χ3n) is 4.81. The van der Waals surface area contributed by atoms with Crippen LogP contribution in [0.25, 0.3) is 22.3 Å². The SMILES string of the molecule is CCNc1cc2oc(-c3ccc(F)cc3)c(C(=O)NC)c2cc1C1CC1. The van der Waals surface area contributed by atoms with Gasteiger partial charge in [-0.3, -0.25) is 4.79 Å². The van der Waals surface area contributed by atoms with E-state index in [4.69, 9.17) is 4.42 Å². The van der Waals surface area contributed by atoms with Gasteiger partial charge in [0.1, 0.15) is 17.2 Å². The van der Waals surface area contributed by atoms with Gasteiger partial charge in [0.2, 0.25) is 0 Å². The zero-order chi connectivity index (χ0) is 18.3. The Morgan fingerprint density at radius 1 is 1.23 bits per heavy atom. The quantitative estimate of drug-likeness (QED) is 0.686. The molecule has 2 N–H and O–H groups in total. The molecule has 1 fully saturated rings. The number of rotatable bonds is 5. The second-order valence-electron chi connectivity index (χ2n) is 6.63. The van der Waals surface area contributed by atoms with Crippen molar-refractivity contribution in [2.75, 3.05) is 18.9 Å². The zero-order valence-electron chi connectivity index (χ0n) is 14.9. The van der Waals surface area contributed by atoms with Crippen molar-refractivity contribution in [1.29, 1.82) is 0 Å². The van der Waals surface area contributed by atoms with E-state index in [1.165, 1.54) is 30.5 Å². The Morgan fingerprint density at radius 2 is 1.96 bits per heavy atom. The maximum atomic E-state index is 13.3. The van der Waals surface area contributed by atoms with Crippen molar-refractivity contribution < 1.29 is 13.6 Å². The molecule has 0 saturated heterocycles. The summed E-state index contributed by atoms with van der Waals surface area (Å²) in [6, 6.07) is 10.1. The minimum atomic E-state index is -0.322. The van der Waals surface area contributed by atoms with E-state index in [0.29, 0.717) is 28.4 Å². The van der Waals surface area contributed by atoms with E-state index >= 15 is 0 Å². The number of hydrogen-bond acceptors (Lipinski definition) is 3. The van der Waals surface area contributed by atoms with Gasteiger partial charge >= 0.3 is 0 Å². The lowest BCUT2D eigenvalue weighted by Crippen LogP contribution is -2.18. The number of fused-ring (bicyclic) bond motifs is 1. The molecule has 4 nitrogen and oxygen atoms in total. The highest BCUT2D eigenvalue weighted by atomic mass is 19.1. The Morgan fingerprint density at radius 3 is 2.58 bits per heavy atom. The maximum absolute atomic E-state index is 13.3. The summed E-state index contributed by atoms with van der Waals surface area (Å²) in [7, 11) is 1.60. The van der Waals surface area contributed by atoms with Crippen LogP contribution in [0.4, 0.5) is 10.1 Å². The molecule has 1 aromatic heterocycles. The van der Waals surface area contributed by atoms with E-state index in [9.17, 15) is 9.18 Å². The molecule has 0 radical (unpaired) electrons. The van der Waals surface area contributed by atoms with E-state index < -0.39 is 0 Å². The van der Waals surface area contributed by atoms with Crippen LogP contribution >= 0.6 is 0 Å². The summed E-state index contributed by atoms with van der Waals surface area (Å²) < 4.78 is 19.4. The van der Waals surface area contributed by atoms with Crippen LogP contribution in [0.15, 0.2) is 40.8 Å². The molecular weight excluding hydrogens is 331 g/mol. The largest absolute Gasteiger partial charge is 0.455 e. The molecule has 0 spiro atoms. The predicted octanol–water partition coefficient (Wildman–Crippen LogP) is 4.91. The molecule has 3 aromatic rings. The van der Waals surface area contributed by atoms with E-state index in [1.54, 1.807) is 19.2 Å². The predicted molar refractivity (Wildman–Crippen MR) is 101 cm³/mol. The highest BCUT2D eigenvalue weighted by molar-refractivity contribution is 6.11. The van der Waals surface area contributed by atoms with Crippen LogP contribution in [-0.2, 0) is 0 Å². The fourth-order valence-electron chi connectivity index (χ4n) is 3.39. The second-order valence-corrected chi connectivity index (χ2v) is 6.63. The van der Waals surface area contributed by atoms with Crippen LogP contribution in [0, 0.1) is 5.82 Å². The standard InChI is InChI=1S/C21H21FN2O2/c1-3-24-17-11-18-16(10-15(17)12-4-5-12)19(21(25)23-2)20(26-18)13-6-8-14(22)9-7-13/h6-12,24H,3-5H2,1-2H3,(H,23,25). The number of halogens is 1. The molecule has 4 rings (SSSR count). The Hall–Kier alpha value is -2.82. The van der Waals surface area contributed by atoms with E-state index in [0.717, 1.165) is 17.6 Å². The van der Waals surface area contributed by atoms with Crippen LogP contribution in [0.1, 0.15) is 41.6 Å². The third-order valence-corrected chi connectivity index (χ3v) is 4.81. The fourth-order valence-corrected chi connectivity index (χ4v) is 3.39. The number of hydrogen-bond donors (Lipinski definition) is 2. The van der Waals surface area contributed by atoms with Gasteiger partial charge in [0.25, 0.3) is 5.91 Å². The molecule has 0 bridgehead atoms. The first-order chi connectivity index (χ1) is 12.6. The third kappa shape index (κ3) is 2.83. The minimum Gasteiger partial charge on any atom is -0.455 e. The van der Waals surface area contributed by atoms with Crippen LogP contribution < -0.4 is 10.6 Å². The zero-order valence-corrected chi connectivity index (χ0v) is 14.9. The molecule has 1 aliphatic carbocycles. The Labute approximate surface area is 151 Å². The molecule has 1 aliphatic rings. The van der Waals surface area contributed by atoms with Gasteiger partial charge in [-0.2, -0.15) is 0 Å². The summed E-state index contributed by atoms with van der Waals surface area (Å²) in [5, 5.41) is 6.89. The summed E-state index contributed by atoms with van der Waals surface area (Å²) in [6.45, 7) is 2.88. The van der Waals surface area contributed by atoms with Gasteiger partial charge in [-0.25, -0.2) is 4.39 Å². The second kappa shape index (κ2) is 6.48. The average molecular weight is 352 g/mol. The Balaban J connectivity index is 1.96. The summed E-state index contributed by atoms with van der Waals surface area (Å²) in [5.74, 6) is 0.475. The van der Waals surface area contributed by atoms with Crippen molar-refractivity contribution in [1.82, 2.24) is 5.32 Å². The number of amides is 1. The molecule has 0 aliphatic heterocycles. The van der Waals surface area contributed by atoms with Gasteiger partial charge in [0.15, 0.2) is 0 Å². The molecule has 134 valence electrons. The van der Waals surface area contributed by atoms with Crippen LogP contribution in [0.2, 0.25) is 0 Å². The average Bonchev–Trinajstić information content (AvgIpc) is 3.42. The summed E-state index contributed by atoms with van der Waals surface area (Å²) in [5.41, 5.74) is 4.13. The van der Waals surface area contributed by atoms with Crippen LogP contribution in [-0.4, -0.2) is 19.5 Å². The number of furan rings is 1. The molecule has 1 saturated carbocycles. The summed E-state index contributed by atoms with van der Waals surface area (Å²) >= 11 is 0. The molecule has 1 amide bonds. The van der Waals surface area contributed by atoms with Crippen molar-refractivity contribution in [3.05, 3.63) is 53.3 Å². The van der Waals surface area contributed by atoms with Gasteiger partial charge in [-0.1, -0.05) is 0 Å². The number of carbonyl (C=O) groups is 1. The van der Waals surface area contributed by atoms with Crippen molar-refractivity contribution in [2.24, 2.45) is 0 Å². The molecule has 2 aromatic carbocycles. The lowest BCUT2D eigenvalue weighted by Gasteiger charge is -2.10. The molecule has 0 unspecified atom stereocenters. The number of nitrogens with one attached hydrogen (secondary N) is 2. The van der Waals surface area contributed by atoms with E-state index in [1.807, 2.05) is 6.07 Å². The van der Waals surface area contributed by atoms with Crippen LogP contribution in [0.3, 0.4) is 0 Å². The van der Waals surface area contributed by atoms with Gasteiger partial charge < -0.3 is 15.1 Å². The number of benzene rings is 2. The van der Waals surface area contributed by atoms with E-state index in [2.05, 4.69) is 23.6 Å². The van der Waals surface area contributed by atoms with Gasteiger partial charge in [-0.15, -0.1) is 0 Å². The van der Waals surface area contributed by atoms with Crippen molar-refractivity contribution in [3.63, 3.8) is 0 Å². The van der Waals surface area contributed by atoms with Gasteiger partial charge in [-0.05, 0) is 61.6 Å². The molecular formula is C21H21FN2O2.